The molecule has 0 amide bonds. The summed E-state index contributed by atoms with van der Waals surface area (Å²) in [5.74, 6) is 15.1. The lowest BCUT2D eigenvalue weighted by molar-refractivity contribution is -0.394. The highest BCUT2D eigenvalue weighted by atomic mass is 16.6. The summed E-state index contributed by atoms with van der Waals surface area (Å²) in [5.41, 5.74) is 5.57. The van der Waals surface area contributed by atoms with Crippen molar-refractivity contribution in [1.82, 2.24) is 0 Å². The first kappa shape index (κ1) is 38.6. The van der Waals surface area contributed by atoms with E-state index in [-0.39, 0.29) is 34.1 Å². The minimum atomic E-state index is -0.748. The molecule has 0 fully saturated rings. The lowest BCUT2D eigenvalue weighted by Crippen LogP contribution is -2.09. The monoisotopic (exact) mass is 672 g/mol. The molecule has 252 valence electrons. The summed E-state index contributed by atoms with van der Waals surface area (Å²) < 4.78 is 0. The molecule has 4 aromatic carbocycles. The maximum absolute atomic E-state index is 10.4. The fourth-order valence-electron chi connectivity index (χ4n) is 3.07. The summed E-state index contributed by atoms with van der Waals surface area (Å²) in [7, 11) is 0. The second-order valence-electron chi connectivity index (χ2n) is 8.26. The molecular formula is C24H24N12O12. The predicted molar refractivity (Wildman–Crippen MR) is 169 cm³/mol. The van der Waals surface area contributed by atoms with Crippen molar-refractivity contribution in [2.45, 2.75) is 0 Å². The SMILES string of the molecule is NNc1ccc([N+](=O)[O-])cc1[N+](=O)[O-].NNc1ccc([N+](=O)[O-])cc1[N+](=O)[O-].NNc1ccccc1.O=[N+]([O-])c1cccc([N+](=O)[O-])c1. The first-order valence-corrected chi connectivity index (χ1v) is 12.4. The molecule has 0 heterocycles. The third-order valence-corrected chi connectivity index (χ3v) is 5.28. The molecule has 24 heteroatoms. The van der Waals surface area contributed by atoms with E-state index in [0.717, 1.165) is 36.0 Å². The van der Waals surface area contributed by atoms with Crippen LogP contribution in [0.4, 0.5) is 51.2 Å². The number of hydrazine groups is 3. The van der Waals surface area contributed by atoms with E-state index >= 15 is 0 Å². The van der Waals surface area contributed by atoms with Crippen molar-refractivity contribution in [3.05, 3.63) is 152 Å². The minimum Gasteiger partial charge on any atom is -0.324 e. The molecule has 0 saturated carbocycles. The van der Waals surface area contributed by atoms with Gasteiger partial charge in [0.1, 0.15) is 11.4 Å². The fourth-order valence-corrected chi connectivity index (χ4v) is 3.07. The Bertz CT molecular complexity index is 1670. The van der Waals surface area contributed by atoms with E-state index in [1.807, 2.05) is 30.3 Å². The van der Waals surface area contributed by atoms with Crippen LogP contribution in [0.25, 0.3) is 0 Å². The highest BCUT2D eigenvalue weighted by molar-refractivity contribution is 5.65. The smallest absolute Gasteiger partial charge is 0.300 e. The van der Waals surface area contributed by atoms with Crippen LogP contribution in [0.5, 0.6) is 0 Å². The number of nitro benzene ring substituents is 6. The van der Waals surface area contributed by atoms with Gasteiger partial charge in [0.15, 0.2) is 0 Å². The zero-order valence-corrected chi connectivity index (χ0v) is 24.0. The summed E-state index contributed by atoms with van der Waals surface area (Å²) in [4.78, 5) is 57.5. The van der Waals surface area contributed by atoms with Crippen molar-refractivity contribution in [1.29, 1.82) is 0 Å². The normalized spacial score (nSPS) is 9.31. The molecule has 9 N–H and O–H groups in total. The number of nitrogens with zero attached hydrogens (tertiary/aromatic N) is 6. The molecule has 0 saturated heterocycles. The Morgan fingerprint density at radius 1 is 0.396 bits per heavy atom. The molecule has 24 nitrogen and oxygen atoms in total. The minimum absolute atomic E-state index is 0.0283. The summed E-state index contributed by atoms with van der Waals surface area (Å²) in [6, 6.07) is 20.5. The van der Waals surface area contributed by atoms with Crippen LogP contribution in [-0.4, -0.2) is 29.5 Å². The van der Waals surface area contributed by atoms with Crippen LogP contribution in [-0.2, 0) is 0 Å². The molecule has 0 atom stereocenters. The highest BCUT2D eigenvalue weighted by Gasteiger charge is 2.19. The number of nitrogen functional groups attached to an aromatic ring is 3. The molecule has 0 bridgehead atoms. The second kappa shape index (κ2) is 19.1. The molecule has 0 radical (unpaired) electrons. The standard InChI is InChI=1S/2C6H6N4O4.C6H4N2O4.C6H8N2/c2*7-8-5-2-1-4(9(11)12)3-6(5)10(13)14;9-7(10)5-2-1-3-6(4-5)8(11)12;7-8-6-4-2-1-3-5-6/h2*1-3,8H,7H2;1-4H;1-5,8H,7H2. The van der Waals surface area contributed by atoms with Gasteiger partial charge in [-0.1, -0.05) is 18.2 Å². The van der Waals surface area contributed by atoms with Crippen LogP contribution >= 0.6 is 0 Å². The number of rotatable bonds is 9. The van der Waals surface area contributed by atoms with E-state index in [2.05, 4.69) is 16.3 Å². The van der Waals surface area contributed by atoms with E-state index in [1.54, 1.807) is 0 Å². The largest absolute Gasteiger partial charge is 0.324 e. The van der Waals surface area contributed by atoms with Gasteiger partial charge in [0.25, 0.3) is 22.7 Å². The molecule has 48 heavy (non-hydrogen) atoms. The van der Waals surface area contributed by atoms with Crippen LogP contribution in [0.3, 0.4) is 0 Å². The van der Waals surface area contributed by atoms with Gasteiger partial charge in [-0.15, -0.1) is 0 Å². The average molecular weight is 673 g/mol. The van der Waals surface area contributed by atoms with Crippen LogP contribution in [0.1, 0.15) is 0 Å². The van der Waals surface area contributed by atoms with Crippen molar-refractivity contribution in [2.75, 3.05) is 16.3 Å². The predicted octanol–water partition coefficient (Wildman–Crippen LogP) is 4.05. The zero-order valence-electron chi connectivity index (χ0n) is 24.0. The lowest BCUT2D eigenvalue weighted by Gasteiger charge is -2.00. The fraction of sp³-hybridized carbons (Fsp3) is 0. The third kappa shape index (κ3) is 12.3. The number of anilines is 3. The van der Waals surface area contributed by atoms with Gasteiger partial charge in [-0.05, 0) is 30.3 Å². The van der Waals surface area contributed by atoms with Crippen molar-refractivity contribution in [2.24, 2.45) is 17.5 Å². The summed E-state index contributed by atoms with van der Waals surface area (Å²) in [5, 5.41) is 61.8. The maximum atomic E-state index is 10.4. The Kier molecular flexibility index (Phi) is 15.3. The first-order chi connectivity index (χ1) is 22.7. The highest BCUT2D eigenvalue weighted by Crippen LogP contribution is 2.29. The number of nitrogens with two attached hydrogens (primary N) is 3. The summed E-state index contributed by atoms with van der Waals surface area (Å²) in [6.45, 7) is 0. The van der Waals surface area contributed by atoms with Crippen LogP contribution in [0.2, 0.25) is 0 Å². The first-order valence-electron chi connectivity index (χ1n) is 12.4. The number of hydrogen-bond acceptors (Lipinski definition) is 18. The van der Waals surface area contributed by atoms with Gasteiger partial charge in [-0.25, -0.2) is 0 Å². The molecule has 0 aliphatic heterocycles. The number of non-ortho nitro benzene ring substituents is 4. The van der Waals surface area contributed by atoms with Gasteiger partial charge in [-0.2, -0.15) is 0 Å². The number of benzene rings is 4. The number of nitrogens with one attached hydrogen (secondary N) is 3. The maximum Gasteiger partial charge on any atom is 0.300 e. The summed E-state index contributed by atoms with van der Waals surface area (Å²) in [6.07, 6.45) is 0. The number of nitro groups is 6. The Labute approximate surface area is 266 Å². The van der Waals surface area contributed by atoms with E-state index in [1.165, 1.54) is 30.3 Å². The van der Waals surface area contributed by atoms with Gasteiger partial charge < -0.3 is 16.3 Å². The van der Waals surface area contributed by atoms with E-state index in [4.69, 9.17) is 17.5 Å². The molecule has 0 aliphatic carbocycles. The van der Waals surface area contributed by atoms with E-state index in [0.29, 0.717) is 0 Å². The molecular weight excluding hydrogens is 648 g/mol. The van der Waals surface area contributed by atoms with Gasteiger partial charge in [0, 0.05) is 30.0 Å². The third-order valence-electron chi connectivity index (χ3n) is 5.28. The molecule has 0 aliphatic rings. The number of para-hydroxylation sites is 1. The molecule has 4 rings (SSSR count). The van der Waals surface area contributed by atoms with Crippen molar-refractivity contribution in [3.8, 4) is 0 Å². The second-order valence-corrected chi connectivity index (χ2v) is 8.26. The quantitative estimate of drug-likeness (QED) is 0.0828. The molecule has 0 unspecified atom stereocenters. The Morgan fingerprint density at radius 2 is 0.750 bits per heavy atom. The van der Waals surface area contributed by atoms with Crippen molar-refractivity contribution in [3.63, 3.8) is 0 Å². The zero-order chi connectivity index (χ0) is 36.4. The van der Waals surface area contributed by atoms with Crippen molar-refractivity contribution < 1.29 is 29.5 Å². The summed E-state index contributed by atoms with van der Waals surface area (Å²) >= 11 is 0. The van der Waals surface area contributed by atoms with Crippen LogP contribution < -0.4 is 33.8 Å². The molecule has 0 spiro atoms. The Balaban J connectivity index is 0.000000326. The van der Waals surface area contributed by atoms with Gasteiger partial charge in [-0.3, -0.25) is 78.2 Å². The molecule has 4 aromatic rings. The van der Waals surface area contributed by atoms with E-state index in [9.17, 15) is 60.7 Å². The van der Waals surface area contributed by atoms with Crippen LogP contribution in [0.15, 0.2) is 91.0 Å². The topological polar surface area (TPSA) is 373 Å². The Morgan fingerprint density at radius 3 is 1.02 bits per heavy atom. The van der Waals surface area contributed by atoms with Gasteiger partial charge in [0.05, 0.1) is 47.7 Å². The number of hydrogen-bond donors (Lipinski definition) is 6. The average Bonchev–Trinajstić information content (AvgIpc) is 3.08. The van der Waals surface area contributed by atoms with Gasteiger partial charge >= 0.3 is 11.4 Å². The van der Waals surface area contributed by atoms with Crippen LogP contribution in [0, 0.1) is 60.7 Å². The van der Waals surface area contributed by atoms with Gasteiger partial charge in [0.2, 0.25) is 0 Å². The van der Waals surface area contributed by atoms with E-state index < -0.39 is 40.9 Å². The van der Waals surface area contributed by atoms with Crippen molar-refractivity contribution >= 4 is 51.2 Å². The Hall–Kier alpha value is -7.44. The molecule has 0 aromatic heterocycles. The lowest BCUT2D eigenvalue weighted by atomic mass is 10.2.